The van der Waals surface area contributed by atoms with Crippen LogP contribution in [0.4, 0.5) is 10.7 Å². The topological polar surface area (TPSA) is 113 Å². The summed E-state index contributed by atoms with van der Waals surface area (Å²) in [4.78, 5) is 23.5. The number of urea groups is 1. The fraction of sp³-hybridized carbons (Fsp3) is 0.538. The molecule has 1 aromatic rings. The lowest BCUT2D eigenvalue weighted by Crippen LogP contribution is -2.34. The van der Waals surface area contributed by atoms with Crippen molar-refractivity contribution in [2.24, 2.45) is 5.10 Å². The largest absolute Gasteiger partial charge is 0.433 e. The van der Waals surface area contributed by atoms with E-state index in [0.717, 1.165) is 26.1 Å². The first-order valence-electron chi connectivity index (χ1n) is 7.10. The Morgan fingerprint density at radius 2 is 2.18 bits per heavy atom. The maximum absolute atomic E-state index is 11.4. The highest BCUT2D eigenvalue weighted by Gasteiger charge is 2.10. The molecule has 1 rings (SSSR count). The normalized spacial score (nSPS) is 11.0. The minimum Gasteiger partial charge on any atom is -0.400 e. The molecule has 0 aliphatic carbocycles. The molecule has 0 aliphatic heterocycles. The van der Waals surface area contributed by atoms with E-state index in [1.165, 1.54) is 18.3 Å². The number of rotatable bonds is 9. The summed E-state index contributed by atoms with van der Waals surface area (Å²) in [5, 5.41) is 16.7. The van der Waals surface area contributed by atoms with Gasteiger partial charge in [0.2, 0.25) is 0 Å². The maximum Gasteiger partial charge on any atom is 0.433 e. The Hall–Kier alpha value is -2.42. The van der Waals surface area contributed by atoms with Crippen LogP contribution in [0.2, 0.25) is 0 Å². The maximum atomic E-state index is 11.4. The fourth-order valence-corrected chi connectivity index (χ4v) is 1.75. The molecule has 0 fully saturated rings. The third kappa shape index (κ3) is 6.35. The number of furan rings is 1. The van der Waals surface area contributed by atoms with E-state index in [9.17, 15) is 14.9 Å². The number of hydrogen-bond acceptors (Lipinski definition) is 6. The SMILES string of the molecule is CCN(CC)CCCNC(=O)N/N=C\c1ccc([N+](=O)[O-])o1. The van der Waals surface area contributed by atoms with E-state index in [4.69, 9.17) is 4.42 Å². The predicted molar refractivity (Wildman–Crippen MR) is 81.9 cm³/mol. The summed E-state index contributed by atoms with van der Waals surface area (Å²) in [6, 6.07) is 2.18. The molecule has 9 heteroatoms. The molecule has 0 spiro atoms. The molecule has 0 saturated heterocycles. The van der Waals surface area contributed by atoms with Crippen molar-refractivity contribution in [3.8, 4) is 0 Å². The molecule has 1 heterocycles. The van der Waals surface area contributed by atoms with Crippen molar-refractivity contribution in [1.29, 1.82) is 0 Å². The standard InChI is InChI=1S/C13H21N5O4/c1-3-17(4-2)9-5-8-14-13(19)16-15-10-11-6-7-12(22-11)18(20)21/h6-7,10H,3-5,8-9H2,1-2H3,(H2,14,16,19)/b15-10-. The molecule has 0 atom stereocenters. The van der Waals surface area contributed by atoms with E-state index in [2.05, 4.69) is 34.6 Å². The zero-order valence-electron chi connectivity index (χ0n) is 12.7. The Morgan fingerprint density at radius 3 is 2.77 bits per heavy atom. The van der Waals surface area contributed by atoms with Gasteiger partial charge in [-0.25, -0.2) is 10.2 Å². The zero-order valence-corrected chi connectivity index (χ0v) is 12.7. The van der Waals surface area contributed by atoms with Gasteiger partial charge in [-0.1, -0.05) is 13.8 Å². The van der Waals surface area contributed by atoms with E-state index in [-0.39, 0.29) is 11.6 Å². The van der Waals surface area contributed by atoms with Crippen molar-refractivity contribution in [1.82, 2.24) is 15.6 Å². The number of nitro groups is 1. The van der Waals surface area contributed by atoms with Gasteiger partial charge in [0, 0.05) is 6.54 Å². The van der Waals surface area contributed by atoms with E-state index in [1.54, 1.807) is 0 Å². The summed E-state index contributed by atoms with van der Waals surface area (Å²) in [6.45, 7) is 7.63. The third-order valence-corrected chi connectivity index (χ3v) is 2.98. The lowest BCUT2D eigenvalue weighted by molar-refractivity contribution is -0.402. The number of amides is 2. The molecule has 0 radical (unpaired) electrons. The van der Waals surface area contributed by atoms with Crippen LogP contribution in [0.25, 0.3) is 0 Å². The number of nitrogens with zero attached hydrogens (tertiary/aromatic N) is 3. The quantitative estimate of drug-likeness (QED) is 0.311. The second-order valence-electron chi connectivity index (χ2n) is 4.44. The Kier molecular flexibility index (Phi) is 7.62. The van der Waals surface area contributed by atoms with Gasteiger partial charge in [-0.05, 0) is 32.1 Å². The molecule has 0 aromatic carbocycles. The molecule has 0 saturated carbocycles. The van der Waals surface area contributed by atoms with Crippen LogP contribution in [0, 0.1) is 10.1 Å². The lowest BCUT2D eigenvalue weighted by atomic mass is 10.3. The minimum absolute atomic E-state index is 0.188. The van der Waals surface area contributed by atoms with Gasteiger partial charge in [-0.15, -0.1) is 0 Å². The van der Waals surface area contributed by atoms with Crippen LogP contribution < -0.4 is 10.7 Å². The smallest absolute Gasteiger partial charge is 0.400 e. The number of nitrogens with one attached hydrogen (secondary N) is 2. The molecular weight excluding hydrogens is 290 g/mol. The van der Waals surface area contributed by atoms with Crippen molar-refractivity contribution in [3.05, 3.63) is 28.0 Å². The van der Waals surface area contributed by atoms with E-state index >= 15 is 0 Å². The van der Waals surface area contributed by atoms with E-state index in [0.29, 0.717) is 6.54 Å². The predicted octanol–water partition coefficient (Wildman–Crippen LogP) is 1.55. The Balaban J connectivity index is 2.22. The summed E-state index contributed by atoms with van der Waals surface area (Å²) in [5.74, 6) is -0.184. The van der Waals surface area contributed by atoms with Gasteiger partial charge < -0.3 is 14.6 Å². The number of hydrazone groups is 1. The van der Waals surface area contributed by atoms with Crippen LogP contribution in [-0.2, 0) is 0 Å². The Bertz CT molecular complexity index is 510. The summed E-state index contributed by atoms with van der Waals surface area (Å²) in [6.07, 6.45) is 2.05. The van der Waals surface area contributed by atoms with Crippen LogP contribution in [0.15, 0.2) is 21.7 Å². The van der Waals surface area contributed by atoms with Gasteiger partial charge >= 0.3 is 11.9 Å². The van der Waals surface area contributed by atoms with Gasteiger partial charge in [-0.2, -0.15) is 5.10 Å². The highest BCUT2D eigenvalue weighted by atomic mass is 16.6. The molecule has 22 heavy (non-hydrogen) atoms. The summed E-state index contributed by atoms with van der Waals surface area (Å²) in [7, 11) is 0. The fourth-order valence-electron chi connectivity index (χ4n) is 1.75. The molecule has 122 valence electrons. The first-order chi connectivity index (χ1) is 10.6. The van der Waals surface area contributed by atoms with Crippen LogP contribution in [0.5, 0.6) is 0 Å². The number of carbonyl (C=O) groups is 1. The van der Waals surface area contributed by atoms with Crippen LogP contribution in [0.3, 0.4) is 0 Å². The summed E-state index contributed by atoms with van der Waals surface area (Å²) < 4.78 is 4.85. The average molecular weight is 311 g/mol. The van der Waals surface area contributed by atoms with Gasteiger partial charge in [0.25, 0.3) is 0 Å². The second kappa shape index (κ2) is 9.50. The van der Waals surface area contributed by atoms with Crippen LogP contribution in [0.1, 0.15) is 26.0 Å². The Morgan fingerprint density at radius 1 is 1.45 bits per heavy atom. The summed E-state index contributed by atoms with van der Waals surface area (Å²) in [5.41, 5.74) is 2.26. The monoisotopic (exact) mass is 311 g/mol. The van der Waals surface area contributed by atoms with Crippen molar-refractivity contribution in [3.63, 3.8) is 0 Å². The lowest BCUT2D eigenvalue weighted by Gasteiger charge is -2.17. The van der Waals surface area contributed by atoms with E-state index < -0.39 is 11.0 Å². The molecule has 0 unspecified atom stereocenters. The van der Waals surface area contributed by atoms with Gasteiger partial charge in [0.05, 0.1) is 12.3 Å². The minimum atomic E-state index is -0.645. The van der Waals surface area contributed by atoms with Crippen molar-refractivity contribution in [2.75, 3.05) is 26.2 Å². The molecular formula is C13H21N5O4. The first kappa shape index (κ1) is 17.6. The van der Waals surface area contributed by atoms with Gasteiger partial charge in [-0.3, -0.25) is 10.1 Å². The van der Waals surface area contributed by atoms with Crippen LogP contribution in [-0.4, -0.2) is 48.2 Å². The molecule has 2 N–H and O–H groups in total. The number of hydrogen-bond donors (Lipinski definition) is 2. The average Bonchev–Trinajstić information content (AvgIpc) is 2.96. The van der Waals surface area contributed by atoms with Crippen molar-refractivity contribution in [2.45, 2.75) is 20.3 Å². The van der Waals surface area contributed by atoms with Crippen molar-refractivity contribution < 1.29 is 14.1 Å². The van der Waals surface area contributed by atoms with E-state index in [1.807, 2.05) is 0 Å². The highest BCUT2D eigenvalue weighted by molar-refractivity contribution is 5.79. The highest BCUT2D eigenvalue weighted by Crippen LogP contribution is 2.13. The first-order valence-corrected chi connectivity index (χ1v) is 7.10. The number of carbonyl (C=O) groups excluding carboxylic acids is 1. The van der Waals surface area contributed by atoms with Crippen LogP contribution >= 0.6 is 0 Å². The summed E-state index contributed by atoms with van der Waals surface area (Å²) >= 11 is 0. The van der Waals surface area contributed by atoms with Gasteiger partial charge in [0.1, 0.15) is 4.92 Å². The second-order valence-corrected chi connectivity index (χ2v) is 4.44. The van der Waals surface area contributed by atoms with Crippen molar-refractivity contribution >= 4 is 18.1 Å². The third-order valence-electron chi connectivity index (χ3n) is 2.98. The molecule has 0 bridgehead atoms. The zero-order chi connectivity index (χ0) is 16.4. The molecule has 9 nitrogen and oxygen atoms in total. The molecule has 1 aromatic heterocycles. The van der Waals surface area contributed by atoms with Gasteiger partial charge in [0.15, 0.2) is 5.76 Å². The molecule has 0 aliphatic rings. The molecule has 2 amide bonds. The Labute approximate surface area is 128 Å².